The van der Waals surface area contributed by atoms with Crippen LogP contribution in [0, 0.1) is 0 Å². The minimum absolute atomic E-state index is 0.795. The van der Waals surface area contributed by atoms with Gasteiger partial charge in [0.1, 0.15) is 0 Å². The van der Waals surface area contributed by atoms with E-state index in [2.05, 4.69) is 10.2 Å². The van der Waals surface area contributed by atoms with Crippen LogP contribution in [0.25, 0.3) is 0 Å². The zero-order valence-electron chi connectivity index (χ0n) is 10.6. The number of nitrogens with zero attached hydrogens (tertiary/aromatic N) is 1. The quantitative estimate of drug-likeness (QED) is 0.697. The van der Waals surface area contributed by atoms with Gasteiger partial charge in [-0.25, -0.2) is 0 Å². The molecule has 0 atom stereocenters. The Balaban J connectivity index is 1.55. The number of rotatable bonds is 6. The van der Waals surface area contributed by atoms with Gasteiger partial charge in [-0.2, -0.15) is 0 Å². The lowest BCUT2D eigenvalue weighted by atomic mass is 9.91. The molecule has 1 heterocycles. The molecule has 0 unspecified atom stereocenters. The number of ether oxygens (including phenoxy) is 1. The Morgan fingerprint density at radius 2 is 1.81 bits per heavy atom. The summed E-state index contributed by atoms with van der Waals surface area (Å²) in [4.78, 5) is 2.58. The minimum Gasteiger partial charge on any atom is -0.385 e. The molecule has 1 saturated carbocycles. The highest BCUT2D eigenvalue weighted by molar-refractivity contribution is 4.84. The zero-order valence-corrected chi connectivity index (χ0v) is 10.6. The molecular weight excluding hydrogens is 200 g/mol. The molecule has 1 aliphatic heterocycles. The monoisotopic (exact) mass is 226 g/mol. The summed E-state index contributed by atoms with van der Waals surface area (Å²) in [5, 5.41) is 3.79. The van der Waals surface area contributed by atoms with Crippen LogP contribution in [0.1, 0.15) is 38.5 Å². The summed E-state index contributed by atoms with van der Waals surface area (Å²) in [5.74, 6) is 0. The van der Waals surface area contributed by atoms with Crippen molar-refractivity contribution in [2.45, 2.75) is 50.6 Å². The topological polar surface area (TPSA) is 24.5 Å². The number of methoxy groups -OCH3 is 1. The van der Waals surface area contributed by atoms with Gasteiger partial charge in [-0.15, -0.1) is 0 Å². The minimum atomic E-state index is 0.795. The highest BCUT2D eigenvalue weighted by Crippen LogP contribution is 2.21. The van der Waals surface area contributed by atoms with Crippen molar-refractivity contribution < 1.29 is 4.74 Å². The molecule has 1 saturated heterocycles. The first-order valence-corrected chi connectivity index (χ1v) is 6.86. The van der Waals surface area contributed by atoms with Gasteiger partial charge >= 0.3 is 0 Å². The summed E-state index contributed by atoms with van der Waals surface area (Å²) in [6.45, 7) is 4.66. The summed E-state index contributed by atoms with van der Waals surface area (Å²) in [5.41, 5.74) is 0. The van der Waals surface area contributed by atoms with Crippen LogP contribution in [0.4, 0.5) is 0 Å². The van der Waals surface area contributed by atoms with Crippen LogP contribution in [0.2, 0.25) is 0 Å². The molecule has 0 aromatic rings. The summed E-state index contributed by atoms with van der Waals surface area (Å²) < 4.78 is 5.09. The Bertz CT molecular complexity index is 186. The van der Waals surface area contributed by atoms with Crippen molar-refractivity contribution in [2.75, 3.05) is 33.4 Å². The van der Waals surface area contributed by atoms with Gasteiger partial charge in [0.15, 0.2) is 0 Å². The molecule has 0 bridgehead atoms. The van der Waals surface area contributed by atoms with Crippen molar-refractivity contribution in [3.05, 3.63) is 0 Å². The number of nitrogens with one attached hydrogen (secondary N) is 1. The van der Waals surface area contributed by atoms with Gasteiger partial charge in [0.05, 0.1) is 0 Å². The van der Waals surface area contributed by atoms with Crippen LogP contribution in [0.5, 0.6) is 0 Å². The normalized spacial score (nSPS) is 24.6. The number of hydrogen-bond donors (Lipinski definition) is 1. The van der Waals surface area contributed by atoms with Crippen LogP contribution < -0.4 is 5.32 Å². The predicted molar refractivity (Wildman–Crippen MR) is 66.7 cm³/mol. The van der Waals surface area contributed by atoms with E-state index < -0.39 is 0 Å². The number of piperidine rings is 1. The first-order valence-electron chi connectivity index (χ1n) is 6.86. The van der Waals surface area contributed by atoms with E-state index in [1.807, 2.05) is 0 Å². The molecule has 94 valence electrons. The van der Waals surface area contributed by atoms with Crippen LogP contribution in [0.3, 0.4) is 0 Å². The highest BCUT2D eigenvalue weighted by Gasteiger charge is 2.24. The van der Waals surface area contributed by atoms with Gasteiger partial charge in [0.2, 0.25) is 0 Å². The zero-order chi connectivity index (χ0) is 11.2. The van der Waals surface area contributed by atoms with E-state index in [0.717, 1.165) is 18.7 Å². The third kappa shape index (κ3) is 3.72. The lowest BCUT2D eigenvalue weighted by Crippen LogP contribution is -2.48. The van der Waals surface area contributed by atoms with Crippen molar-refractivity contribution >= 4 is 0 Å². The molecule has 0 aromatic heterocycles. The predicted octanol–water partition coefficient (Wildman–Crippen LogP) is 1.63. The van der Waals surface area contributed by atoms with Gasteiger partial charge in [-0.1, -0.05) is 6.42 Å². The lowest BCUT2D eigenvalue weighted by Gasteiger charge is -2.37. The third-order valence-corrected chi connectivity index (χ3v) is 3.99. The van der Waals surface area contributed by atoms with E-state index >= 15 is 0 Å². The van der Waals surface area contributed by atoms with E-state index in [4.69, 9.17) is 4.74 Å². The maximum atomic E-state index is 5.09. The van der Waals surface area contributed by atoms with Gasteiger partial charge in [0.25, 0.3) is 0 Å². The van der Waals surface area contributed by atoms with E-state index in [1.165, 1.54) is 58.2 Å². The van der Waals surface area contributed by atoms with Crippen molar-refractivity contribution in [3.8, 4) is 0 Å². The molecule has 0 spiro atoms. The SMILES string of the molecule is COCCCN1CCC(NC2CCC2)CC1. The fourth-order valence-corrected chi connectivity index (χ4v) is 2.66. The Labute approximate surface area is 99.5 Å². The van der Waals surface area contributed by atoms with Gasteiger partial charge in [-0.05, 0) is 45.2 Å². The Morgan fingerprint density at radius 1 is 1.12 bits per heavy atom. The van der Waals surface area contributed by atoms with Crippen LogP contribution >= 0.6 is 0 Å². The second kappa shape index (κ2) is 6.58. The van der Waals surface area contributed by atoms with Gasteiger partial charge < -0.3 is 15.0 Å². The maximum Gasteiger partial charge on any atom is 0.0474 e. The van der Waals surface area contributed by atoms with E-state index in [0.29, 0.717) is 0 Å². The molecule has 3 nitrogen and oxygen atoms in total. The fraction of sp³-hybridized carbons (Fsp3) is 1.00. The van der Waals surface area contributed by atoms with E-state index in [9.17, 15) is 0 Å². The standard InChI is InChI=1S/C13H26N2O/c1-16-11-3-8-15-9-6-13(7-10-15)14-12-4-2-5-12/h12-14H,2-11H2,1H3. The second-order valence-corrected chi connectivity index (χ2v) is 5.26. The largest absolute Gasteiger partial charge is 0.385 e. The van der Waals surface area contributed by atoms with Crippen molar-refractivity contribution in [1.29, 1.82) is 0 Å². The second-order valence-electron chi connectivity index (χ2n) is 5.26. The fourth-order valence-electron chi connectivity index (χ4n) is 2.66. The summed E-state index contributed by atoms with van der Waals surface area (Å²) in [7, 11) is 1.79. The van der Waals surface area contributed by atoms with E-state index in [1.54, 1.807) is 7.11 Å². The third-order valence-electron chi connectivity index (χ3n) is 3.99. The smallest absolute Gasteiger partial charge is 0.0474 e. The number of hydrogen-bond acceptors (Lipinski definition) is 3. The van der Waals surface area contributed by atoms with Crippen molar-refractivity contribution in [2.24, 2.45) is 0 Å². The maximum absolute atomic E-state index is 5.09. The number of likely N-dealkylation sites (tertiary alicyclic amines) is 1. The molecule has 1 N–H and O–H groups in total. The Kier molecular flexibility index (Phi) is 5.07. The Hall–Kier alpha value is -0.120. The van der Waals surface area contributed by atoms with Crippen LogP contribution in [-0.2, 0) is 4.74 Å². The van der Waals surface area contributed by atoms with Crippen LogP contribution in [-0.4, -0.2) is 50.3 Å². The summed E-state index contributed by atoms with van der Waals surface area (Å²) in [6.07, 6.45) is 8.11. The first-order chi connectivity index (χ1) is 7.88. The average molecular weight is 226 g/mol. The first kappa shape index (κ1) is 12.3. The molecule has 3 heteroatoms. The summed E-state index contributed by atoms with van der Waals surface area (Å²) in [6, 6.07) is 1.65. The molecule has 16 heavy (non-hydrogen) atoms. The Morgan fingerprint density at radius 3 is 2.38 bits per heavy atom. The molecule has 0 aromatic carbocycles. The van der Waals surface area contributed by atoms with Gasteiger partial charge in [0, 0.05) is 32.3 Å². The van der Waals surface area contributed by atoms with Crippen molar-refractivity contribution in [1.82, 2.24) is 10.2 Å². The van der Waals surface area contributed by atoms with Gasteiger partial charge in [-0.3, -0.25) is 0 Å². The molecule has 0 radical (unpaired) electrons. The average Bonchev–Trinajstić information content (AvgIpc) is 2.26. The molecule has 2 rings (SSSR count). The van der Waals surface area contributed by atoms with Crippen LogP contribution in [0.15, 0.2) is 0 Å². The highest BCUT2D eigenvalue weighted by atomic mass is 16.5. The molecule has 2 fully saturated rings. The molecule has 1 aliphatic carbocycles. The molecule has 2 aliphatic rings. The van der Waals surface area contributed by atoms with Crippen molar-refractivity contribution in [3.63, 3.8) is 0 Å². The molecule has 0 amide bonds. The van der Waals surface area contributed by atoms with E-state index in [-0.39, 0.29) is 0 Å². The lowest BCUT2D eigenvalue weighted by molar-refractivity contribution is 0.146. The molecular formula is C13H26N2O. The summed E-state index contributed by atoms with van der Waals surface area (Å²) >= 11 is 0.